The molecule has 0 amide bonds. The summed E-state index contributed by atoms with van der Waals surface area (Å²) in [5.74, 6) is -2.10. The van der Waals surface area contributed by atoms with Crippen molar-refractivity contribution in [1.82, 2.24) is 9.59 Å². The van der Waals surface area contributed by atoms with Crippen molar-refractivity contribution < 1.29 is 18.3 Å². The highest BCUT2D eigenvalue weighted by Crippen LogP contribution is 2.39. The van der Waals surface area contributed by atoms with E-state index in [0.717, 1.165) is 17.1 Å². The van der Waals surface area contributed by atoms with E-state index < -0.39 is 11.6 Å². The van der Waals surface area contributed by atoms with Crippen LogP contribution in [0.3, 0.4) is 0 Å². The fourth-order valence-electron chi connectivity index (χ4n) is 3.73. The van der Waals surface area contributed by atoms with E-state index in [1.807, 2.05) is 44.2 Å². The lowest BCUT2D eigenvalue weighted by atomic mass is 10.0. The van der Waals surface area contributed by atoms with Crippen LogP contribution < -0.4 is 4.90 Å². The Labute approximate surface area is 171 Å². The molecule has 2 aromatic carbocycles. The van der Waals surface area contributed by atoms with Gasteiger partial charge in [0.1, 0.15) is 5.69 Å². The average Bonchev–Trinajstić information content (AvgIpc) is 3.19. The molecule has 2 atom stereocenters. The molecule has 1 aliphatic heterocycles. The highest BCUT2D eigenvalue weighted by Gasteiger charge is 2.30. The van der Waals surface area contributed by atoms with E-state index in [1.165, 1.54) is 6.07 Å². The summed E-state index contributed by atoms with van der Waals surface area (Å²) in [6.45, 7) is 4.46. The van der Waals surface area contributed by atoms with Crippen LogP contribution in [-0.2, 0) is 4.74 Å². The molecule has 1 aromatic heterocycles. The Balaban J connectivity index is 1.84. The summed E-state index contributed by atoms with van der Waals surface area (Å²) in [6.07, 6.45) is 0.231. The van der Waals surface area contributed by atoms with Gasteiger partial charge in [0.25, 0.3) is 0 Å². The maximum atomic E-state index is 15.2. The second kappa shape index (κ2) is 7.96. The van der Waals surface area contributed by atoms with Gasteiger partial charge in [-0.15, -0.1) is 5.10 Å². The van der Waals surface area contributed by atoms with E-state index in [4.69, 9.17) is 4.74 Å². The molecule has 0 bridgehead atoms. The van der Waals surface area contributed by atoms with Crippen LogP contribution in [0.15, 0.2) is 36.4 Å². The molecule has 1 saturated heterocycles. The van der Waals surface area contributed by atoms with Crippen molar-refractivity contribution in [3.63, 3.8) is 0 Å². The largest absolute Gasteiger partial charge is 0.372 e. The minimum Gasteiger partial charge on any atom is -0.372 e. The SMILES string of the molecule is CC1CN(c2c(C=O)cc(-c3nnsc3-c3ccccc3)c(F)c2F)CC(C)O1. The van der Waals surface area contributed by atoms with Gasteiger partial charge < -0.3 is 9.64 Å². The maximum absolute atomic E-state index is 15.2. The number of benzene rings is 2. The Morgan fingerprint density at radius 2 is 1.83 bits per heavy atom. The zero-order chi connectivity index (χ0) is 20.5. The van der Waals surface area contributed by atoms with Crippen LogP contribution in [0.4, 0.5) is 14.5 Å². The topological polar surface area (TPSA) is 55.3 Å². The molecular formula is C21H19F2N3O2S. The minimum atomic E-state index is -1.06. The summed E-state index contributed by atoms with van der Waals surface area (Å²) in [5, 5.41) is 4.02. The fraction of sp³-hybridized carbons (Fsp3) is 0.286. The van der Waals surface area contributed by atoms with Crippen LogP contribution >= 0.6 is 11.5 Å². The minimum absolute atomic E-state index is 0.0345. The number of carbonyl (C=O) groups excluding carboxylic acids is 1. The third-order valence-corrected chi connectivity index (χ3v) is 5.63. The van der Waals surface area contributed by atoms with E-state index >= 15 is 8.78 Å². The predicted molar refractivity (Wildman–Crippen MR) is 108 cm³/mol. The van der Waals surface area contributed by atoms with E-state index in [2.05, 4.69) is 9.59 Å². The summed E-state index contributed by atoms with van der Waals surface area (Å²) >= 11 is 1.09. The molecule has 0 spiro atoms. The molecule has 0 radical (unpaired) electrons. The normalized spacial score (nSPS) is 19.4. The first-order valence-corrected chi connectivity index (χ1v) is 10.0. The van der Waals surface area contributed by atoms with Crippen molar-refractivity contribution in [3.05, 3.63) is 53.6 Å². The molecule has 1 fully saturated rings. The lowest BCUT2D eigenvalue weighted by Crippen LogP contribution is -2.46. The standard InChI is InChI=1S/C21H19F2N3O2S/c1-12-9-26(10-13(2)28-12)20-15(11-27)8-16(17(22)18(20)23)19-21(29-25-24-19)14-6-4-3-5-7-14/h3-8,11-13H,9-10H2,1-2H3. The molecule has 3 aromatic rings. The summed E-state index contributed by atoms with van der Waals surface area (Å²) in [4.78, 5) is 14.1. The fourth-order valence-corrected chi connectivity index (χ4v) is 4.41. The lowest BCUT2D eigenvalue weighted by Gasteiger charge is -2.37. The Hall–Kier alpha value is -2.71. The number of rotatable bonds is 4. The first-order valence-electron chi connectivity index (χ1n) is 9.25. The van der Waals surface area contributed by atoms with Crippen LogP contribution in [0.1, 0.15) is 24.2 Å². The number of carbonyl (C=O) groups is 1. The summed E-state index contributed by atoms with van der Waals surface area (Å²) in [6, 6.07) is 10.6. The van der Waals surface area contributed by atoms with Gasteiger partial charge >= 0.3 is 0 Å². The number of ether oxygens (including phenoxy) is 1. The van der Waals surface area contributed by atoms with Crippen LogP contribution in [0, 0.1) is 11.6 Å². The second-order valence-corrected chi connectivity index (χ2v) is 7.84. The molecule has 8 heteroatoms. The predicted octanol–water partition coefficient (Wildman–Crippen LogP) is 4.58. The Bertz CT molecular complexity index is 1030. The van der Waals surface area contributed by atoms with Crippen LogP contribution in [0.25, 0.3) is 21.7 Å². The maximum Gasteiger partial charge on any atom is 0.183 e. The zero-order valence-electron chi connectivity index (χ0n) is 15.9. The zero-order valence-corrected chi connectivity index (χ0v) is 16.7. The molecule has 0 aliphatic carbocycles. The summed E-state index contributed by atoms with van der Waals surface area (Å²) in [7, 11) is 0. The highest BCUT2D eigenvalue weighted by molar-refractivity contribution is 7.09. The second-order valence-electron chi connectivity index (χ2n) is 7.09. The van der Waals surface area contributed by atoms with Gasteiger partial charge in [-0.05, 0) is 37.0 Å². The molecule has 2 heterocycles. The van der Waals surface area contributed by atoms with E-state index in [9.17, 15) is 4.79 Å². The Morgan fingerprint density at radius 3 is 2.48 bits per heavy atom. The van der Waals surface area contributed by atoms with Crippen molar-refractivity contribution in [2.24, 2.45) is 0 Å². The van der Waals surface area contributed by atoms with Gasteiger partial charge in [-0.3, -0.25) is 4.79 Å². The van der Waals surface area contributed by atoms with Crippen LogP contribution in [0.5, 0.6) is 0 Å². The number of anilines is 1. The number of aldehydes is 1. The monoisotopic (exact) mass is 415 g/mol. The molecular weight excluding hydrogens is 396 g/mol. The number of halogens is 2. The van der Waals surface area contributed by atoms with Gasteiger partial charge in [-0.2, -0.15) is 0 Å². The number of nitrogens with zero attached hydrogens (tertiary/aromatic N) is 3. The molecule has 0 saturated carbocycles. The molecule has 2 unspecified atom stereocenters. The van der Waals surface area contributed by atoms with E-state index in [-0.39, 0.29) is 34.7 Å². The smallest absolute Gasteiger partial charge is 0.183 e. The first-order chi connectivity index (χ1) is 14.0. The van der Waals surface area contributed by atoms with E-state index in [0.29, 0.717) is 24.3 Å². The van der Waals surface area contributed by atoms with Gasteiger partial charge in [0, 0.05) is 24.2 Å². The molecule has 0 N–H and O–H groups in total. The van der Waals surface area contributed by atoms with Crippen molar-refractivity contribution in [2.45, 2.75) is 26.1 Å². The molecule has 150 valence electrons. The number of morpholine rings is 1. The van der Waals surface area contributed by atoms with Crippen LogP contribution in [-0.4, -0.2) is 41.2 Å². The Morgan fingerprint density at radius 1 is 1.14 bits per heavy atom. The van der Waals surface area contributed by atoms with Crippen LogP contribution in [0.2, 0.25) is 0 Å². The molecule has 5 nitrogen and oxygen atoms in total. The van der Waals surface area contributed by atoms with Gasteiger partial charge in [0.2, 0.25) is 0 Å². The molecule has 4 rings (SSSR count). The van der Waals surface area contributed by atoms with Crippen molar-refractivity contribution in [1.29, 1.82) is 0 Å². The number of hydrogen-bond acceptors (Lipinski definition) is 6. The summed E-state index contributed by atoms with van der Waals surface area (Å²) < 4.78 is 40.0. The van der Waals surface area contributed by atoms with Crippen molar-refractivity contribution in [3.8, 4) is 21.7 Å². The quantitative estimate of drug-likeness (QED) is 0.584. The number of hydrogen-bond donors (Lipinski definition) is 0. The number of aromatic nitrogens is 2. The van der Waals surface area contributed by atoms with Gasteiger partial charge in [0.05, 0.1) is 22.8 Å². The third-order valence-electron chi connectivity index (χ3n) is 4.85. The molecule has 29 heavy (non-hydrogen) atoms. The molecule has 1 aliphatic rings. The van der Waals surface area contributed by atoms with Gasteiger partial charge in [0.15, 0.2) is 17.9 Å². The summed E-state index contributed by atoms with van der Waals surface area (Å²) in [5.41, 5.74) is 0.982. The van der Waals surface area contributed by atoms with Crippen molar-refractivity contribution >= 4 is 23.5 Å². The lowest BCUT2D eigenvalue weighted by molar-refractivity contribution is -0.00546. The van der Waals surface area contributed by atoms with E-state index in [1.54, 1.807) is 4.90 Å². The average molecular weight is 415 g/mol. The third kappa shape index (κ3) is 3.65. The van der Waals surface area contributed by atoms with Crippen molar-refractivity contribution in [2.75, 3.05) is 18.0 Å². The Kier molecular flexibility index (Phi) is 5.38. The van der Waals surface area contributed by atoms with Gasteiger partial charge in [-0.25, -0.2) is 8.78 Å². The van der Waals surface area contributed by atoms with Gasteiger partial charge in [-0.1, -0.05) is 34.8 Å². The first kappa shape index (κ1) is 19.6. The highest BCUT2D eigenvalue weighted by atomic mass is 32.1.